The molecule has 0 heterocycles. The lowest BCUT2D eigenvalue weighted by Gasteiger charge is -2.30. The average Bonchev–Trinajstić information content (AvgIpc) is 3.05. The number of carbonyl (C=O) groups excluding carboxylic acids is 2. The summed E-state index contributed by atoms with van der Waals surface area (Å²) in [5.74, 6) is 2.71. The Bertz CT molecular complexity index is 1270. The molecule has 0 unspecified atom stereocenters. The van der Waals surface area contributed by atoms with Crippen LogP contribution in [0.25, 0.3) is 0 Å². The van der Waals surface area contributed by atoms with E-state index in [2.05, 4.69) is 10.6 Å². The fourth-order valence-corrected chi connectivity index (χ4v) is 6.48. The molecule has 0 atom stereocenters. The van der Waals surface area contributed by atoms with Gasteiger partial charge in [0.2, 0.25) is 0 Å². The van der Waals surface area contributed by atoms with E-state index in [-0.39, 0.29) is 31.5 Å². The summed E-state index contributed by atoms with van der Waals surface area (Å²) in [6, 6.07) is 12.2. The molecule has 2 fully saturated rings. The highest BCUT2D eigenvalue weighted by molar-refractivity contribution is 6.20. The van der Waals surface area contributed by atoms with Crippen molar-refractivity contribution in [3.63, 3.8) is 0 Å². The van der Waals surface area contributed by atoms with Crippen molar-refractivity contribution in [3.05, 3.63) is 47.5 Å². The molecule has 49 heavy (non-hydrogen) atoms. The van der Waals surface area contributed by atoms with Gasteiger partial charge in [0.15, 0.2) is 0 Å². The largest absolute Gasteiger partial charge is 0.576 e. The summed E-state index contributed by atoms with van der Waals surface area (Å²) in [5, 5.41) is 7.28. The highest BCUT2D eigenvalue weighted by atomic mass is 16.6. The van der Waals surface area contributed by atoms with E-state index in [4.69, 9.17) is 28.3 Å². The molecule has 2 saturated carbocycles. The minimum absolute atomic E-state index is 0.0288. The van der Waals surface area contributed by atoms with Gasteiger partial charge in [0.05, 0.1) is 26.1 Å². The first-order chi connectivity index (χ1) is 23.2. The lowest BCUT2D eigenvalue weighted by atomic mass is 9.86. The van der Waals surface area contributed by atoms with Gasteiger partial charge < -0.3 is 38.9 Å². The van der Waals surface area contributed by atoms with Crippen LogP contribution in [0.1, 0.15) is 104 Å². The lowest BCUT2D eigenvalue weighted by Crippen LogP contribution is -2.36. The molecule has 2 N–H and O–H groups in total. The molecule has 10 nitrogen and oxygen atoms in total. The Morgan fingerprint density at radius 3 is 1.33 bits per heavy atom. The maximum Gasteiger partial charge on any atom is 0.576 e. The highest BCUT2D eigenvalue weighted by Crippen LogP contribution is 2.31. The second-order valence-electron chi connectivity index (χ2n) is 15.3. The summed E-state index contributed by atoms with van der Waals surface area (Å²) in [4.78, 5) is 25.0. The maximum atomic E-state index is 12.5. The molecular weight excluding hydrogens is 623 g/mol. The number of ether oxygens (including phenoxy) is 4. The van der Waals surface area contributed by atoms with Crippen LogP contribution in [0, 0.1) is 11.8 Å². The monoisotopic (exact) mass is 680 g/mol. The van der Waals surface area contributed by atoms with Crippen LogP contribution in [-0.2, 0) is 32.2 Å². The number of carbonyl (C=O) groups is 2. The number of rotatable bonds is 14. The Hall–Kier alpha value is -3.44. The molecule has 0 spiro atoms. The normalized spacial score (nSPS) is 21.3. The molecule has 2 aliphatic carbocycles. The lowest BCUT2D eigenvalue weighted by molar-refractivity contribution is -0.162. The van der Waals surface area contributed by atoms with Crippen molar-refractivity contribution in [2.45, 2.75) is 129 Å². The van der Waals surface area contributed by atoms with Crippen LogP contribution in [0.15, 0.2) is 36.4 Å². The van der Waals surface area contributed by atoms with Crippen molar-refractivity contribution in [1.82, 2.24) is 10.6 Å². The second kappa shape index (κ2) is 17.5. The third-order valence-corrected chi connectivity index (χ3v) is 9.05. The molecule has 2 aromatic carbocycles. The van der Waals surface area contributed by atoms with E-state index in [0.717, 1.165) is 74.0 Å². The van der Waals surface area contributed by atoms with E-state index < -0.39 is 11.2 Å². The Balaban J connectivity index is 1.23. The van der Waals surface area contributed by atoms with Gasteiger partial charge in [0.1, 0.15) is 34.2 Å². The Kier molecular flexibility index (Phi) is 13.7. The predicted molar refractivity (Wildman–Crippen MR) is 191 cm³/mol. The molecule has 4 rings (SSSR count). The Labute approximate surface area is 293 Å². The summed E-state index contributed by atoms with van der Waals surface area (Å²) in [6.45, 7) is 12.7. The zero-order valence-electron chi connectivity index (χ0n) is 30.8. The SMILES string of the molecule is COc1ccc(OBOc2ccc(OC)c(CNC3CCC(C(=O)OC(C)(C)C)CC3)c2)cc1CNC1CCC(C(=O)OC(C)(C)C)CC1. The third-order valence-electron chi connectivity index (χ3n) is 9.05. The van der Waals surface area contributed by atoms with Gasteiger partial charge in [0.25, 0.3) is 0 Å². The van der Waals surface area contributed by atoms with E-state index in [0.29, 0.717) is 36.7 Å². The molecule has 270 valence electrons. The summed E-state index contributed by atoms with van der Waals surface area (Å²) in [7, 11) is 3.38. The number of hydrogen-bond acceptors (Lipinski definition) is 10. The zero-order valence-corrected chi connectivity index (χ0v) is 30.8. The molecule has 0 saturated heterocycles. The maximum absolute atomic E-state index is 12.5. The van der Waals surface area contributed by atoms with E-state index >= 15 is 0 Å². The third kappa shape index (κ3) is 12.4. The van der Waals surface area contributed by atoms with Gasteiger partial charge in [0, 0.05) is 36.3 Å². The summed E-state index contributed by atoms with van der Waals surface area (Å²) < 4.78 is 34.4. The van der Waals surface area contributed by atoms with Crippen LogP contribution in [-0.4, -0.2) is 57.1 Å². The minimum Gasteiger partial charge on any atom is -0.529 e. The van der Waals surface area contributed by atoms with Crippen molar-refractivity contribution in [2.75, 3.05) is 14.2 Å². The second-order valence-corrected chi connectivity index (χ2v) is 15.3. The fourth-order valence-electron chi connectivity index (χ4n) is 6.48. The number of benzene rings is 2. The van der Waals surface area contributed by atoms with Crippen molar-refractivity contribution >= 4 is 19.6 Å². The minimum atomic E-state index is -0.455. The van der Waals surface area contributed by atoms with Crippen LogP contribution in [0.2, 0.25) is 0 Å². The van der Waals surface area contributed by atoms with Crippen LogP contribution in [0.5, 0.6) is 23.0 Å². The molecule has 0 aliphatic heterocycles. The van der Waals surface area contributed by atoms with Gasteiger partial charge in [-0.05, 0) is 129 Å². The van der Waals surface area contributed by atoms with Crippen molar-refractivity contribution in [1.29, 1.82) is 0 Å². The summed E-state index contributed by atoms with van der Waals surface area (Å²) >= 11 is 0. The van der Waals surface area contributed by atoms with E-state index in [1.54, 1.807) is 14.2 Å². The van der Waals surface area contributed by atoms with Gasteiger partial charge in [-0.15, -0.1) is 0 Å². The summed E-state index contributed by atoms with van der Waals surface area (Å²) in [5.41, 5.74) is 1.07. The van der Waals surface area contributed by atoms with Crippen LogP contribution in [0.3, 0.4) is 0 Å². The van der Waals surface area contributed by atoms with E-state index in [1.807, 2.05) is 77.9 Å². The predicted octanol–water partition coefficient (Wildman–Crippen LogP) is 6.41. The van der Waals surface area contributed by atoms with Gasteiger partial charge in [-0.25, -0.2) is 0 Å². The Morgan fingerprint density at radius 1 is 0.633 bits per heavy atom. The van der Waals surface area contributed by atoms with Crippen LogP contribution in [0.4, 0.5) is 0 Å². The van der Waals surface area contributed by atoms with E-state index in [1.165, 1.54) is 0 Å². The van der Waals surface area contributed by atoms with E-state index in [9.17, 15) is 9.59 Å². The Morgan fingerprint density at radius 2 is 1.00 bits per heavy atom. The number of nitrogens with one attached hydrogen (secondary N) is 2. The molecule has 0 amide bonds. The molecule has 11 heteroatoms. The van der Waals surface area contributed by atoms with Gasteiger partial charge in [-0.1, -0.05) is 0 Å². The molecule has 0 radical (unpaired) electrons. The first-order valence-electron chi connectivity index (χ1n) is 17.7. The zero-order chi connectivity index (χ0) is 35.6. The number of hydrogen-bond donors (Lipinski definition) is 2. The number of esters is 2. The standard InChI is InChI=1S/C38H57BN2O8/c1-37(2,3)46-35(42)25-9-13-29(14-10-25)40-23-27-21-31(17-19-33(27)44-7)48-39-49-32-18-20-34(45-8)28(22-32)24-41-30-15-11-26(12-16-30)36(43)47-38(4,5)6/h17-22,25-26,29-30,39-41H,9-16,23-24H2,1-8H3. The average molecular weight is 681 g/mol. The first kappa shape index (κ1) is 38.4. The topological polar surface area (TPSA) is 114 Å². The summed E-state index contributed by atoms with van der Waals surface area (Å²) in [6.07, 6.45) is 6.98. The number of methoxy groups -OCH3 is 2. The van der Waals surface area contributed by atoms with Crippen LogP contribution < -0.4 is 29.4 Å². The van der Waals surface area contributed by atoms with Gasteiger partial charge in [-0.3, -0.25) is 9.59 Å². The molecule has 0 aromatic heterocycles. The van der Waals surface area contributed by atoms with Crippen molar-refractivity contribution in [3.8, 4) is 23.0 Å². The molecule has 0 bridgehead atoms. The smallest absolute Gasteiger partial charge is 0.529 e. The molecule has 2 aliphatic rings. The van der Waals surface area contributed by atoms with Crippen molar-refractivity contribution < 1.29 is 37.8 Å². The fraction of sp³-hybridized carbons (Fsp3) is 0.632. The quantitative estimate of drug-likeness (QED) is 0.172. The highest BCUT2D eigenvalue weighted by Gasteiger charge is 2.31. The van der Waals surface area contributed by atoms with Crippen molar-refractivity contribution in [2.24, 2.45) is 11.8 Å². The molecule has 2 aromatic rings. The molecular formula is C38H57BN2O8. The first-order valence-corrected chi connectivity index (χ1v) is 17.7. The van der Waals surface area contributed by atoms with Gasteiger partial charge in [-0.2, -0.15) is 0 Å². The van der Waals surface area contributed by atoms with Gasteiger partial charge >= 0.3 is 19.6 Å². The van der Waals surface area contributed by atoms with Crippen LogP contribution >= 0.6 is 0 Å².